The minimum absolute atomic E-state index is 0.0274. The standard InChI is InChI=1S/C26H24N2O5/c1-15-13-16(2)25(33-4)18(14-15)23(29)21-22(17-9-11-27-12-10-17)28(26(31)24(21)30)19-7-5-6-8-20(19)32-3/h5-14,22,29H,1-4H3/b23-21+. The Hall–Kier alpha value is -4.13. The maximum Gasteiger partial charge on any atom is 0.300 e. The summed E-state index contributed by atoms with van der Waals surface area (Å²) in [5.41, 5.74) is 3.07. The van der Waals surface area contributed by atoms with E-state index in [9.17, 15) is 14.7 Å². The summed E-state index contributed by atoms with van der Waals surface area (Å²) in [7, 11) is 3.00. The first kappa shape index (κ1) is 22.1. The van der Waals surface area contributed by atoms with Gasteiger partial charge in [-0.05, 0) is 60.9 Å². The van der Waals surface area contributed by atoms with Gasteiger partial charge < -0.3 is 14.6 Å². The minimum Gasteiger partial charge on any atom is -0.507 e. The molecule has 2 aromatic carbocycles. The summed E-state index contributed by atoms with van der Waals surface area (Å²) in [5, 5.41) is 11.4. The number of pyridine rings is 1. The average Bonchev–Trinajstić information content (AvgIpc) is 3.09. The van der Waals surface area contributed by atoms with Crippen molar-refractivity contribution in [2.24, 2.45) is 0 Å². The topological polar surface area (TPSA) is 89.0 Å². The van der Waals surface area contributed by atoms with Crippen molar-refractivity contribution in [3.63, 3.8) is 0 Å². The second-order valence-electron chi connectivity index (χ2n) is 7.78. The number of Topliss-reactive ketones (excluding diaryl/α,β-unsaturated/α-hetero) is 1. The summed E-state index contributed by atoms with van der Waals surface area (Å²) in [6.07, 6.45) is 3.16. The van der Waals surface area contributed by atoms with Gasteiger partial charge in [0.05, 0.1) is 37.1 Å². The van der Waals surface area contributed by atoms with Gasteiger partial charge in [0.1, 0.15) is 17.3 Å². The average molecular weight is 444 g/mol. The molecule has 0 saturated carbocycles. The number of aliphatic hydroxyl groups excluding tert-OH is 1. The van der Waals surface area contributed by atoms with E-state index in [4.69, 9.17) is 9.47 Å². The van der Waals surface area contributed by atoms with Gasteiger partial charge in [0.25, 0.3) is 11.7 Å². The predicted molar refractivity (Wildman–Crippen MR) is 124 cm³/mol. The highest BCUT2D eigenvalue weighted by Gasteiger charge is 2.48. The van der Waals surface area contributed by atoms with E-state index in [1.165, 1.54) is 19.1 Å². The molecular weight excluding hydrogens is 420 g/mol. The molecular formula is C26H24N2O5. The van der Waals surface area contributed by atoms with E-state index in [0.29, 0.717) is 28.3 Å². The van der Waals surface area contributed by atoms with Crippen LogP contribution in [0.15, 0.2) is 66.5 Å². The molecule has 168 valence electrons. The van der Waals surface area contributed by atoms with Crippen LogP contribution in [0.4, 0.5) is 5.69 Å². The zero-order valence-corrected chi connectivity index (χ0v) is 18.8. The SMILES string of the molecule is COc1ccccc1N1C(=O)C(=O)/C(=C(/O)c2cc(C)cc(C)c2OC)C1c1ccncc1. The number of benzene rings is 2. The highest BCUT2D eigenvalue weighted by Crippen LogP contribution is 2.45. The molecule has 1 unspecified atom stereocenters. The first-order valence-electron chi connectivity index (χ1n) is 10.4. The fraction of sp³-hybridized carbons (Fsp3) is 0.192. The molecule has 0 radical (unpaired) electrons. The quantitative estimate of drug-likeness (QED) is 0.358. The van der Waals surface area contributed by atoms with E-state index < -0.39 is 17.7 Å². The van der Waals surface area contributed by atoms with Gasteiger partial charge in [-0.1, -0.05) is 18.2 Å². The maximum atomic E-state index is 13.4. The van der Waals surface area contributed by atoms with Crippen molar-refractivity contribution in [2.45, 2.75) is 19.9 Å². The van der Waals surface area contributed by atoms with Crippen LogP contribution in [-0.4, -0.2) is 36.0 Å². The second kappa shape index (κ2) is 8.78. The molecule has 1 atom stereocenters. The number of para-hydroxylation sites is 2. The third-order valence-corrected chi connectivity index (χ3v) is 5.69. The Labute approximate surface area is 191 Å². The number of aryl methyl sites for hydroxylation is 2. The predicted octanol–water partition coefficient (Wildman–Crippen LogP) is 4.34. The van der Waals surface area contributed by atoms with Crippen LogP contribution in [0.3, 0.4) is 0 Å². The van der Waals surface area contributed by atoms with Gasteiger partial charge in [0.2, 0.25) is 0 Å². The summed E-state index contributed by atoms with van der Waals surface area (Å²) in [5.74, 6) is -0.971. The molecule has 4 rings (SSSR count). The van der Waals surface area contributed by atoms with Crippen molar-refractivity contribution >= 4 is 23.1 Å². The lowest BCUT2D eigenvalue weighted by Gasteiger charge is -2.26. The summed E-state index contributed by atoms with van der Waals surface area (Å²) >= 11 is 0. The van der Waals surface area contributed by atoms with Crippen LogP contribution >= 0.6 is 0 Å². The van der Waals surface area contributed by atoms with Crippen molar-refractivity contribution in [2.75, 3.05) is 19.1 Å². The van der Waals surface area contributed by atoms with Crippen LogP contribution in [0.2, 0.25) is 0 Å². The normalized spacial score (nSPS) is 17.3. The molecule has 3 aromatic rings. The van der Waals surface area contributed by atoms with Crippen molar-refractivity contribution in [1.82, 2.24) is 4.98 Å². The fourth-order valence-corrected chi connectivity index (χ4v) is 4.32. The number of ketones is 1. The summed E-state index contributed by atoms with van der Waals surface area (Å²) < 4.78 is 11.0. The molecule has 33 heavy (non-hydrogen) atoms. The van der Waals surface area contributed by atoms with Gasteiger partial charge in [-0.25, -0.2) is 0 Å². The molecule has 7 heteroatoms. The zero-order valence-electron chi connectivity index (χ0n) is 18.8. The lowest BCUT2D eigenvalue weighted by molar-refractivity contribution is -0.132. The van der Waals surface area contributed by atoms with Crippen LogP contribution in [0.25, 0.3) is 5.76 Å². The molecule has 0 spiro atoms. The fourth-order valence-electron chi connectivity index (χ4n) is 4.32. The number of hydrogen-bond acceptors (Lipinski definition) is 6. The number of carbonyl (C=O) groups excluding carboxylic acids is 2. The van der Waals surface area contributed by atoms with Gasteiger partial charge in [-0.3, -0.25) is 19.5 Å². The van der Waals surface area contributed by atoms with Gasteiger partial charge >= 0.3 is 0 Å². The Morgan fingerprint density at radius 3 is 2.36 bits per heavy atom. The highest BCUT2D eigenvalue weighted by atomic mass is 16.5. The number of nitrogens with zero attached hydrogens (tertiary/aromatic N) is 2. The number of rotatable bonds is 5. The molecule has 1 saturated heterocycles. The van der Waals surface area contributed by atoms with E-state index in [-0.39, 0.29) is 11.3 Å². The molecule has 1 aromatic heterocycles. The maximum absolute atomic E-state index is 13.4. The van der Waals surface area contributed by atoms with Crippen molar-refractivity contribution in [3.05, 3.63) is 88.8 Å². The molecule has 1 amide bonds. The number of carbonyl (C=O) groups is 2. The first-order valence-corrected chi connectivity index (χ1v) is 10.4. The van der Waals surface area contributed by atoms with E-state index in [0.717, 1.165) is 11.1 Å². The number of aliphatic hydroxyl groups is 1. The number of anilines is 1. The molecule has 0 aliphatic carbocycles. The van der Waals surface area contributed by atoms with E-state index in [2.05, 4.69) is 4.98 Å². The number of hydrogen-bond donors (Lipinski definition) is 1. The molecule has 1 aliphatic rings. The van der Waals surface area contributed by atoms with Crippen molar-refractivity contribution < 1.29 is 24.2 Å². The second-order valence-corrected chi connectivity index (χ2v) is 7.78. The number of amides is 1. The third kappa shape index (κ3) is 3.71. The highest BCUT2D eigenvalue weighted by molar-refractivity contribution is 6.52. The third-order valence-electron chi connectivity index (χ3n) is 5.69. The number of aromatic nitrogens is 1. The Morgan fingerprint density at radius 1 is 1.00 bits per heavy atom. The Bertz CT molecular complexity index is 1270. The lowest BCUT2D eigenvalue weighted by atomic mass is 9.94. The van der Waals surface area contributed by atoms with Gasteiger partial charge in [0.15, 0.2) is 0 Å². The molecule has 1 fully saturated rings. The van der Waals surface area contributed by atoms with Crippen LogP contribution in [0.1, 0.15) is 28.3 Å². The monoisotopic (exact) mass is 444 g/mol. The molecule has 0 bridgehead atoms. The van der Waals surface area contributed by atoms with Gasteiger partial charge in [-0.2, -0.15) is 0 Å². The largest absolute Gasteiger partial charge is 0.507 e. The minimum atomic E-state index is -0.880. The Morgan fingerprint density at radius 2 is 1.70 bits per heavy atom. The van der Waals surface area contributed by atoms with Gasteiger partial charge in [0, 0.05) is 12.4 Å². The summed E-state index contributed by atoms with van der Waals surface area (Å²) in [6.45, 7) is 3.74. The molecule has 2 heterocycles. The molecule has 7 nitrogen and oxygen atoms in total. The van der Waals surface area contributed by atoms with E-state index in [1.807, 2.05) is 19.9 Å². The van der Waals surface area contributed by atoms with Crippen molar-refractivity contribution in [3.8, 4) is 11.5 Å². The summed E-state index contributed by atoms with van der Waals surface area (Å²) in [6, 6.07) is 13.2. The molecule has 1 N–H and O–H groups in total. The van der Waals surface area contributed by atoms with Crippen molar-refractivity contribution in [1.29, 1.82) is 0 Å². The smallest absolute Gasteiger partial charge is 0.300 e. The Kier molecular flexibility index (Phi) is 5.87. The van der Waals surface area contributed by atoms with Crippen LogP contribution in [0, 0.1) is 13.8 Å². The van der Waals surface area contributed by atoms with Crippen LogP contribution in [0.5, 0.6) is 11.5 Å². The zero-order chi connectivity index (χ0) is 23.7. The van der Waals surface area contributed by atoms with E-state index >= 15 is 0 Å². The first-order chi connectivity index (χ1) is 15.9. The number of methoxy groups -OCH3 is 2. The summed E-state index contributed by atoms with van der Waals surface area (Å²) in [4.78, 5) is 32.1. The Balaban J connectivity index is 2.02. The van der Waals surface area contributed by atoms with Crippen LogP contribution < -0.4 is 14.4 Å². The molecule has 1 aliphatic heterocycles. The van der Waals surface area contributed by atoms with E-state index in [1.54, 1.807) is 54.9 Å². The number of ether oxygens (including phenoxy) is 2. The lowest BCUT2D eigenvalue weighted by Crippen LogP contribution is -2.29. The van der Waals surface area contributed by atoms with Gasteiger partial charge in [-0.15, -0.1) is 0 Å². The van der Waals surface area contributed by atoms with Crippen LogP contribution in [-0.2, 0) is 9.59 Å².